The first-order valence-corrected chi connectivity index (χ1v) is 20.3. The molecule has 9 rings (SSSR count). The molecule has 0 saturated heterocycles. The zero-order chi connectivity index (χ0) is 39.4. The van der Waals surface area contributed by atoms with Crippen molar-refractivity contribution in [3.8, 4) is 27.3 Å². The van der Waals surface area contributed by atoms with E-state index in [1.54, 1.807) is 68.5 Å². The van der Waals surface area contributed by atoms with Crippen LogP contribution in [0.15, 0.2) is 60.0 Å². The monoisotopic (exact) mass is 776 g/mol. The van der Waals surface area contributed by atoms with E-state index in [4.69, 9.17) is 14.2 Å². The summed E-state index contributed by atoms with van der Waals surface area (Å²) in [6.45, 7) is 8.36. The molecule has 292 valence electrons. The number of carbonyl (C=O) groups excluding carboxylic acids is 4. The van der Waals surface area contributed by atoms with Gasteiger partial charge in [-0.15, -0.1) is 11.3 Å². The SMILES string of the molecule is CCC12CC3CC(C1)C(NC(=O)c1ccc(-c4cc5c(cc4C(=O)Nc4ccc(CNC(=O)OC(C)(C)C)cc4)-c4sccc4CCO5)c(C(=O)OC)n1)(C3)C2. The Balaban J connectivity index is 1.11. The van der Waals surface area contributed by atoms with Crippen LogP contribution in [0.4, 0.5) is 10.5 Å². The zero-order valence-corrected chi connectivity index (χ0v) is 33.3. The number of fused-ring (bicyclic) bond motifs is 3. The summed E-state index contributed by atoms with van der Waals surface area (Å²) in [7, 11) is 1.27. The molecule has 1 aliphatic heterocycles. The Labute approximate surface area is 330 Å². The molecule has 5 aliphatic rings. The third-order valence-electron chi connectivity index (χ3n) is 12.1. The summed E-state index contributed by atoms with van der Waals surface area (Å²) in [5, 5.41) is 11.2. The molecule has 2 aromatic heterocycles. The Morgan fingerprint density at radius 1 is 0.964 bits per heavy atom. The molecular formula is C44H48N4O7S. The van der Waals surface area contributed by atoms with Crippen molar-refractivity contribution < 1.29 is 33.4 Å². The summed E-state index contributed by atoms with van der Waals surface area (Å²) in [5.41, 5.74) is 3.79. The van der Waals surface area contributed by atoms with Crippen molar-refractivity contribution in [1.82, 2.24) is 15.6 Å². The minimum Gasteiger partial charge on any atom is -0.493 e. The second kappa shape index (κ2) is 14.4. The lowest BCUT2D eigenvalue weighted by Crippen LogP contribution is -2.50. The number of nitrogens with one attached hydrogen (secondary N) is 3. The van der Waals surface area contributed by atoms with Gasteiger partial charge in [0.1, 0.15) is 17.0 Å². The number of benzene rings is 2. The highest BCUT2D eigenvalue weighted by atomic mass is 32.1. The van der Waals surface area contributed by atoms with E-state index in [-0.39, 0.29) is 34.9 Å². The van der Waals surface area contributed by atoms with E-state index < -0.39 is 23.6 Å². The lowest BCUT2D eigenvalue weighted by atomic mass is 9.67. The molecule has 4 atom stereocenters. The number of nitrogens with zero attached hydrogens (tertiary/aromatic N) is 1. The fraction of sp³-hybridized carbons (Fsp3) is 0.432. The van der Waals surface area contributed by atoms with Gasteiger partial charge in [-0.3, -0.25) is 9.59 Å². The number of carbonyl (C=O) groups is 4. The van der Waals surface area contributed by atoms with Gasteiger partial charge >= 0.3 is 12.1 Å². The average Bonchev–Trinajstić information content (AvgIpc) is 3.75. The number of methoxy groups -OCH3 is 1. The fourth-order valence-corrected chi connectivity index (χ4v) is 10.7. The number of hydrogen-bond acceptors (Lipinski definition) is 9. The molecule has 11 nitrogen and oxygen atoms in total. The van der Waals surface area contributed by atoms with Gasteiger partial charge in [0.05, 0.1) is 13.7 Å². The zero-order valence-electron chi connectivity index (χ0n) is 32.5. The maximum atomic E-state index is 14.3. The molecule has 0 radical (unpaired) electrons. The first kappa shape index (κ1) is 37.7. The molecule has 4 aliphatic carbocycles. The number of hydrogen-bond donors (Lipinski definition) is 3. The van der Waals surface area contributed by atoms with Crippen LogP contribution in [-0.2, 0) is 22.4 Å². The van der Waals surface area contributed by atoms with Gasteiger partial charge in [-0.1, -0.05) is 25.5 Å². The third kappa shape index (κ3) is 7.15. The fourth-order valence-electron chi connectivity index (χ4n) is 9.75. The maximum absolute atomic E-state index is 14.3. The van der Waals surface area contributed by atoms with Gasteiger partial charge in [0.2, 0.25) is 0 Å². The van der Waals surface area contributed by atoms with Gasteiger partial charge in [-0.2, -0.15) is 0 Å². The summed E-state index contributed by atoms with van der Waals surface area (Å²) in [5.74, 6) is 0.218. The second-order valence-corrected chi connectivity index (χ2v) is 17.8. The number of ether oxygens (including phenoxy) is 3. The van der Waals surface area contributed by atoms with Crippen molar-refractivity contribution in [3.05, 3.63) is 88.1 Å². The van der Waals surface area contributed by atoms with E-state index in [1.165, 1.54) is 13.5 Å². The number of amides is 3. The van der Waals surface area contributed by atoms with Crippen molar-refractivity contribution >= 4 is 40.9 Å². The van der Waals surface area contributed by atoms with Gasteiger partial charge in [0.15, 0.2) is 5.69 Å². The summed E-state index contributed by atoms with van der Waals surface area (Å²) in [6.07, 6.45) is 6.81. The summed E-state index contributed by atoms with van der Waals surface area (Å²) >= 11 is 1.58. The number of thiophene rings is 1. The van der Waals surface area contributed by atoms with Crippen LogP contribution in [0.1, 0.15) is 109 Å². The quantitative estimate of drug-likeness (QED) is 0.144. The van der Waals surface area contributed by atoms with Crippen LogP contribution in [0.3, 0.4) is 0 Å². The van der Waals surface area contributed by atoms with Crippen molar-refractivity contribution in [2.45, 2.75) is 90.3 Å². The standard InChI is InChI=1S/C44H48N4O7S/c1-6-43-20-26-17-28(22-43)44(21-26,24-43)48-39(50)34-12-11-30(36(47-34)40(51)53-5)31-19-35-33(37-27(13-15-54-35)14-16-56-37)18-32(31)38(49)46-29-9-7-25(8-10-29)23-45-41(52)55-42(2,3)4/h7-12,14,16,18-19,26,28H,6,13,15,17,20-24H2,1-5H3,(H,45,52)(H,46,49)(H,48,50). The second-order valence-electron chi connectivity index (χ2n) is 16.9. The molecular weight excluding hydrogens is 729 g/mol. The van der Waals surface area contributed by atoms with Crippen LogP contribution in [0, 0.1) is 17.3 Å². The summed E-state index contributed by atoms with van der Waals surface area (Å²) in [6, 6.07) is 16.1. The van der Waals surface area contributed by atoms with Crippen LogP contribution in [0.2, 0.25) is 0 Å². The Hall–Kier alpha value is -5.23. The summed E-state index contributed by atoms with van der Waals surface area (Å²) < 4.78 is 16.8. The Kier molecular flexibility index (Phi) is 9.67. The van der Waals surface area contributed by atoms with Crippen LogP contribution < -0.4 is 20.7 Å². The number of pyridine rings is 1. The van der Waals surface area contributed by atoms with E-state index in [9.17, 15) is 19.2 Å². The van der Waals surface area contributed by atoms with E-state index in [0.29, 0.717) is 52.8 Å². The smallest absolute Gasteiger partial charge is 0.407 e. The van der Waals surface area contributed by atoms with Crippen LogP contribution in [-0.4, -0.2) is 53.7 Å². The normalized spacial score (nSPS) is 22.9. The van der Waals surface area contributed by atoms with Gasteiger partial charge in [-0.25, -0.2) is 14.6 Å². The molecule has 4 fully saturated rings. The molecule has 0 spiro atoms. The number of rotatable bonds is 9. The topological polar surface area (TPSA) is 145 Å². The highest BCUT2D eigenvalue weighted by molar-refractivity contribution is 7.13. The van der Waals surface area contributed by atoms with Crippen molar-refractivity contribution in [3.63, 3.8) is 0 Å². The molecule has 4 unspecified atom stereocenters. The van der Waals surface area contributed by atoms with Crippen LogP contribution in [0.25, 0.3) is 21.6 Å². The predicted octanol–water partition coefficient (Wildman–Crippen LogP) is 8.56. The number of alkyl carbamates (subject to hydrolysis) is 1. The number of aromatic nitrogens is 1. The first-order chi connectivity index (χ1) is 26.8. The van der Waals surface area contributed by atoms with E-state index >= 15 is 0 Å². The van der Waals surface area contributed by atoms with Crippen molar-refractivity contribution in [2.24, 2.45) is 17.3 Å². The molecule has 2 aromatic carbocycles. The highest BCUT2D eigenvalue weighted by Crippen LogP contribution is 2.67. The average molecular weight is 777 g/mol. The number of esters is 1. The van der Waals surface area contributed by atoms with Gasteiger partial charge in [0, 0.05) is 51.3 Å². The lowest BCUT2D eigenvalue weighted by molar-refractivity contribution is 0.0521. The van der Waals surface area contributed by atoms with E-state index in [1.807, 2.05) is 17.5 Å². The van der Waals surface area contributed by atoms with Crippen LogP contribution >= 0.6 is 11.3 Å². The van der Waals surface area contributed by atoms with E-state index in [2.05, 4.69) is 33.9 Å². The van der Waals surface area contributed by atoms with Crippen molar-refractivity contribution in [1.29, 1.82) is 0 Å². The largest absolute Gasteiger partial charge is 0.493 e. The predicted molar refractivity (Wildman–Crippen MR) is 214 cm³/mol. The minimum atomic E-state index is -0.725. The molecule has 3 amide bonds. The van der Waals surface area contributed by atoms with Gasteiger partial charge < -0.3 is 30.2 Å². The minimum absolute atomic E-state index is 0.0683. The Morgan fingerprint density at radius 2 is 1.77 bits per heavy atom. The first-order valence-electron chi connectivity index (χ1n) is 19.4. The van der Waals surface area contributed by atoms with Gasteiger partial charge in [0.25, 0.3) is 11.8 Å². The van der Waals surface area contributed by atoms with E-state index in [0.717, 1.165) is 53.7 Å². The summed E-state index contributed by atoms with van der Waals surface area (Å²) in [4.78, 5) is 59.6. The lowest BCUT2D eigenvalue weighted by Gasteiger charge is -2.40. The third-order valence-corrected chi connectivity index (χ3v) is 13.1. The molecule has 4 bridgehead atoms. The van der Waals surface area contributed by atoms with Crippen LogP contribution in [0.5, 0.6) is 5.75 Å². The van der Waals surface area contributed by atoms with Crippen molar-refractivity contribution in [2.75, 3.05) is 19.0 Å². The maximum Gasteiger partial charge on any atom is 0.407 e. The Bertz CT molecular complexity index is 2230. The molecule has 3 heterocycles. The van der Waals surface area contributed by atoms with Gasteiger partial charge in [-0.05, 0) is 129 Å². The molecule has 4 aromatic rings. The number of anilines is 1. The Morgan fingerprint density at radius 3 is 2.52 bits per heavy atom. The molecule has 12 heteroatoms. The molecule has 4 saturated carbocycles. The highest BCUT2D eigenvalue weighted by Gasteiger charge is 2.63. The molecule has 3 N–H and O–H groups in total. The molecule has 56 heavy (non-hydrogen) atoms.